The molecule has 1 unspecified atom stereocenters. The van der Waals surface area contributed by atoms with Gasteiger partial charge in [-0.15, -0.1) is 6.58 Å². The third-order valence-electron chi connectivity index (χ3n) is 2.53. The van der Waals surface area contributed by atoms with Gasteiger partial charge in [-0.1, -0.05) is 25.1 Å². The van der Waals surface area contributed by atoms with Crippen molar-refractivity contribution in [2.24, 2.45) is 0 Å². The lowest BCUT2D eigenvalue weighted by Gasteiger charge is -2.16. The Labute approximate surface area is 97.4 Å². The highest BCUT2D eigenvalue weighted by Gasteiger charge is 2.06. The van der Waals surface area contributed by atoms with Crippen LogP contribution < -0.4 is 5.32 Å². The summed E-state index contributed by atoms with van der Waals surface area (Å²) in [6, 6.07) is 7.13. The van der Waals surface area contributed by atoms with Crippen molar-refractivity contribution in [2.45, 2.75) is 32.2 Å². The monoisotopic (exact) mass is 221 g/mol. The number of hydrogen-bond acceptors (Lipinski definition) is 1. The number of nitrogens with one attached hydrogen (secondary N) is 1. The van der Waals surface area contributed by atoms with Crippen molar-refractivity contribution in [3.05, 3.63) is 48.3 Å². The zero-order chi connectivity index (χ0) is 11.8. The molecule has 1 atom stereocenters. The lowest BCUT2D eigenvalue weighted by Crippen LogP contribution is -2.31. The van der Waals surface area contributed by atoms with Crippen LogP contribution in [0.4, 0.5) is 4.39 Å². The summed E-state index contributed by atoms with van der Waals surface area (Å²) in [5.41, 5.74) is 1.16. The van der Waals surface area contributed by atoms with E-state index in [9.17, 15) is 4.39 Å². The summed E-state index contributed by atoms with van der Waals surface area (Å²) in [7, 11) is 0. The molecular formula is C14H20FN. The maximum atomic E-state index is 12.7. The average molecular weight is 221 g/mol. The van der Waals surface area contributed by atoms with E-state index >= 15 is 0 Å². The molecule has 0 spiro atoms. The minimum Gasteiger partial charge on any atom is -0.313 e. The molecule has 0 bridgehead atoms. The smallest absolute Gasteiger partial charge is 0.123 e. The minimum atomic E-state index is -0.175. The molecule has 1 N–H and O–H groups in total. The number of halogens is 1. The molecular weight excluding hydrogens is 201 g/mol. The van der Waals surface area contributed by atoms with Gasteiger partial charge in [-0.3, -0.25) is 0 Å². The molecule has 88 valence electrons. The molecule has 0 aromatic heterocycles. The van der Waals surface area contributed by atoms with Gasteiger partial charge in [-0.25, -0.2) is 4.39 Å². The molecule has 2 heteroatoms. The van der Waals surface area contributed by atoms with Crippen LogP contribution in [0, 0.1) is 5.82 Å². The van der Waals surface area contributed by atoms with Gasteiger partial charge in [0.1, 0.15) is 5.82 Å². The highest BCUT2D eigenvalue weighted by Crippen LogP contribution is 2.08. The zero-order valence-electron chi connectivity index (χ0n) is 9.88. The molecule has 0 aliphatic heterocycles. The highest BCUT2D eigenvalue weighted by atomic mass is 19.1. The average Bonchev–Trinajstić information content (AvgIpc) is 2.29. The fourth-order valence-corrected chi connectivity index (χ4v) is 1.69. The van der Waals surface area contributed by atoms with Gasteiger partial charge < -0.3 is 5.32 Å². The molecule has 1 nitrogen and oxygen atoms in total. The van der Waals surface area contributed by atoms with Gasteiger partial charge in [0.15, 0.2) is 0 Å². The molecule has 0 aliphatic rings. The van der Waals surface area contributed by atoms with E-state index in [4.69, 9.17) is 0 Å². The molecule has 1 aromatic rings. The van der Waals surface area contributed by atoms with Gasteiger partial charge >= 0.3 is 0 Å². The molecule has 1 rings (SSSR count). The molecule has 0 amide bonds. The third-order valence-corrected chi connectivity index (χ3v) is 2.53. The summed E-state index contributed by atoms with van der Waals surface area (Å²) >= 11 is 0. The fourth-order valence-electron chi connectivity index (χ4n) is 1.69. The van der Waals surface area contributed by atoms with E-state index < -0.39 is 0 Å². The van der Waals surface area contributed by atoms with Crippen LogP contribution >= 0.6 is 0 Å². The Morgan fingerprint density at radius 2 is 2.06 bits per heavy atom. The van der Waals surface area contributed by atoms with E-state index in [2.05, 4.69) is 18.8 Å². The molecule has 0 heterocycles. The van der Waals surface area contributed by atoms with Crippen molar-refractivity contribution >= 4 is 0 Å². The van der Waals surface area contributed by atoms with E-state index in [0.29, 0.717) is 6.04 Å². The van der Waals surface area contributed by atoms with Gasteiger partial charge in [0.05, 0.1) is 0 Å². The lowest BCUT2D eigenvalue weighted by molar-refractivity contribution is 0.511. The van der Waals surface area contributed by atoms with E-state index in [0.717, 1.165) is 31.4 Å². The highest BCUT2D eigenvalue weighted by molar-refractivity contribution is 5.17. The van der Waals surface area contributed by atoms with E-state index in [-0.39, 0.29) is 5.82 Å². The maximum Gasteiger partial charge on any atom is 0.123 e. The Morgan fingerprint density at radius 3 is 2.62 bits per heavy atom. The fraction of sp³-hybridized carbons (Fsp3) is 0.429. The Kier molecular flexibility index (Phi) is 5.79. The van der Waals surface area contributed by atoms with Crippen LogP contribution in [-0.4, -0.2) is 12.6 Å². The minimum absolute atomic E-state index is 0.175. The summed E-state index contributed by atoms with van der Waals surface area (Å²) in [6.07, 6.45) is 4.91. The van der Waals surface area contributed by atoms with Gasteiger partial charge in [0, 0.05) is 6.04 Å². The van der Waals surface area contributed by atoms with Gasteiger partial charge in [-0.2, -0.15) is 0 Å². The molecule has 0 fully saturated rings. The largest absolute Gasteiger partial charge is 0.313 e. The van der Waals surface area contributed by atoms with Crippen LogP contribution in [-0.2, 0) is 6.42 Å². The quantitative estimate of drug-likeness (QED) is 0.696. The van der Waals surface area contributed by atoms with Crippen LogP contribution in [0.1, 0.15) is 25.3 Å². The Bertz CT molecular complexity index is 305. The summed E-state index contributed by atoms with van der Waals surface area (Å²) in [5, 5.41) is 3.47. The first-order valence-corrected chi connectivity index (χ1v) is 5.85. The van der Waals surface area contributed by atoms with Crippen molar-refractivity contribution in [3.63, 3.8) is 0 Å². The Morgan fingerprint density at radius 1 is 1.38 bits per heavy atom. The SMILES string of the molecule is C=CCC(Cc1ccc(F)cc1)NCCC. The molecule has 1 aromatic carbocycles. The first-order valence-electron chi connectivity index (χ1n) is 5.85. The summed E-state index contributed by atoms with van der Waals surface area (Å²) in [5.74, 6) is -0.175. The van der Waals surface area contributed by atoms with Gasteiger partial charge in [0.25, 0.3) is 0 Å². The number of rotatable bonds is 7. The van der Waals surface area contributed by atoms with E-state index in [1.807, 2.05) is 18.2 Å². The molecule has 0 aliphatic carbocycles. The summed E-state index contributed by atoms with van der Waals surface area (Å²) in [6.45, 7) is 6.93. The van der Waals surface area contributed by atoms with Crippen LogP contribution in [0.25, 0.3) is 0 Å². The predicted octanol–water partition coefficient (Wildman–Crippen LogP) is 3.31. The summed E-state index contributed by atoms with van der Waals surface area (Å²) < 4.78 is 12.7. The van der Waals surface area contributed by atoms with Crippen LogP contribution in [0.5, 0.6) is 0 Å². The molecule has 0 radical (unpaired) electrons. The van der Waals surface area contributed by atoms with Crippen LogP contribution in [0.15, 0.2) is 36.9 Å². The Hall–Kier alpha value is -1.15. The van der Waals surface area contributed by atoms with E-state index in [1.165, 1.54) is 12.1 Å². The molecule has 0 saturated heterocycles. The maximum absolute atomic E-state index is 12.7. The number of benzene rings is 1. The van der Waals surface area contributed by atoms with Crippen molar-refractivity contribution in [2.75, 3.05) is 6.54 Å². The Balaban J connectivity index is 2.52. The molecule has 16 heavy (non-hydrogen) atoms. The van der Waals surface area contributed by atoms with Crippen LogP contribution in [0.2, 0.25) is 0 Å². The van der Waals surface area contributed by atoms with Crippen molar-refractivity contribution < 1.29 is 4.39 Å². The predicted molar refractivity (Wildman–Crippen MR) is 67.0 cm³/mol. The van der Waals surface area contributed by atoms with Gasteiger partial charge in [-0.05, 0) is 43.5 Å². The zero-order valence-corrected chi connectivity index (χ0v) is 9.88. The van der Waals surface area contributed by atoms with Gasteiger partial charge in [0.2, 0.25) is 0 Å². The van der Waals surface area contributed by atoms with Crippen molar-refractivity contribution in [1.82, 2.24) is 5.32 Å². The summed E-state index contributed by atoms with van der Waals surface area (Å²) in [4.78, 5) is 0. The van der Waals surface area contributed by atoms with Crippen molar-refractivity contribution in [1.29, 1.82) is 0 Å². The van der Waals surface area contributed by atoms with Crippen molar-refractivity contribution in [3.8, 4) is 0 Å². The topological polar surface area (TPSA) is 12.0 Å². The first-order chi connectivity index (χ1) is 7.76. The lowest BCUT2D eigenvalue weighted by atomic mass is 10.0. The first kappa shape index (κ1) is 12.9. The standard InChI is InChI=1S/C14H20FN/c1-3-5-14(16-10-4-2)11-12-6-8-13(15)9-7-12/h3,6-9,14,16H,1,4-5,10-11H2,2H3. The second-order valence-electron chi connectivity index (χ2n) is 4.01. The second kappa shape index (κ2) is 7.18. The van der Waals surface area contributed by atoms with Crippen LogP contribution in [0.3, 0.4) is 0 Å². The van der Waals surface area contributed by atoms with E-state index in [1.54, 1.807) is 0 Å². The third kappa shape index (κ3) is 4.58. The second-order valence-corrected chi connectivity index (χ2v) is 4.01. The normalized spacial score (nSPS) is 12.4. The number of hydrogen-bond donors (Lipinski definition) is 1. The molecule has 0 saturated carbocycles.